The van der Waals surface area contributed by atoms with Gasteiger partial charge >= 0.3 is 5.97 Å². The second-order valence-corrected chi connectivity index (χ2v) is 6.40. The minimum atomic E-state index is -0.517. The van der Waals surface area contributed by atoms with Crippen molar-refractivity contribution >= 4 is 40.5 Å². The molecule has 1 aliphatic heterocycles. The fourth-order valence-corrected chi connectivity index (χ4v) is 3.16. The van der Waals surface area contributed by atoms with Crippen molar-refractivity contribution in [1.29, 1.82) is 0 Å². The number of benzene rings is 2. The number of carbonyl (C=O) groups excluding carboxylic acids is 1. The quantitative estimate of drug-likeness (QED) is 0.383. The number of carbonyl (C=O) groups is 1. The number of aliphatic imine (C=N–C) groups is 1. The number of ether oxygens (including phenoxy) is 4. The largest absolute Gasteiger partial charge is 0.493 e. The van der Waals surface area contributed by atoms with E-state index in [0.29, 0.717) is 22.8 Å². The van der Waals surface area contributed by atoms with Gasteiger partial charge in [0.05, 0.1) is 26.9 Å². The number of cyclic esters (lactones) is 1. The molecule has 3 rings (SSSR count). The summed E-state index contributed by atoms with van der Waals surface area (Å²) in [7, 11) is 4.59. The van der Waals surface area contributed by atoms with Gasteiger partial charge in [-0.3, -0.25) is 0 Å². The summed E-state index contributed by atoms with van der Waals surface area (Å²) in [5.74, 6) is 1.19. The van der Waals surface area contributed by atoms with E-state index >= 15 is 0 Å². The summed E-state index contributed by atoms with van der Waals surface area (Å²) in [4.78, 5) is 16.6. The van der Waals surface area contributed by atoms with Crippen LogP contribution in [-0.4, -0.2) is 33.2 Å². The lowest BCUT2D eigenvalue weighted by molar-refractivity contribution is -0.129. The Kier molecular flexibility index (Phi) is 5.46. The molecule has 0 atom stereocenters. The Morgan fingerprint density at radius 3 is 2.38 bits per heavy atom. The number of nitrogens with zero attached hydrogens (tertiary/aromatic N) is 1. The average molecular weight is 465 g/mol. The zero-order chi connectivity index (χ0) is 18.7. The summed E-state index contributed by atoms with van der Waals surface area (Å²) >= 11 is 2.17. The Morgan fingerprint density at radius 2 is 1.73 bits per heavy atom. The minimum Gasteiger partial charge on any atom is -0.493 e. The smallest absolute Gasteiger partial charge is 0.363 e. The average Bonchev–Trinajstić information content (AvgIpc) is 3.01. The first kappa shape index (κ1) is 18.2. The van der Waals surface area contributed by atoms with Crippen LogP contribution in [0.4, 0.5) is 0 Å². The van der Waals surface area contributed by atoms with Crippen LogP contribution in [0.15, 0.2) is 47.1 Å². The van der Waals surface area contributed by atoms with Crippen molar-refractivity contribution in [2.45, 2.75) is 0 Å². The van der Waals surface area contributed by atoms with Crippen LogP contribution >= 0.6 is 22.6 Å². The Labute approximate surface area is 164 Å². The molecule has 0 spiro atoms. The number of halogens is 1. The van der Waals surface area contributed by atoms with Crippen LogP contribution in [0, 0.1) is 3.57 Å². The number of methoxy groups -OCH3 is 3. The van der Waals surface area contributed by atoms with Gasteiger partial charge in [-0.2, -0.15) is 0 Å². The molecule has 0 saturated carbocycles. The van der Waals surface area contributed by atoms with Gasteiger partial charge < -0.3 is 18.9 Å². The van der Waals surface area contributed by atoms with Gasteiger partial charge in [0.15, 0.2) is 17.2 Å². The summed E-state index contributed by atoms with van der Waals surface area (Å²) in [6.07, 6.45) is 1.60. The fraction of sp³-hybridized carbons (Fsp3) is 0.158. The van der Waals surface area contributed by atoms with E-state index < -0.39 is 5.97 Å². The van der Waals surface area contributed by atoms with Crippen LogP contribution in [0.25, 0.3) is 6.08 Å². The van der Waals surface area contributed by atoms with Crippen molar-refractivity contribution in [1.82, 2.24) is 0 Å². The Balaban J connectivity index is 2.05. The summed E-state index contributed by atoms with van der Waals surface area (Å²) < 4.78 is 22.3. The van der Waals surface area contributed by atoms with Gasteiger partial charge in [-0.1, -0.05) is 12.1 Å². The molecule has 26 heavy (non-hydrogen) atoms. The zero-order valence-electron chi connectivity index (χ0n) is 14.4. The lowest BCUT2D eigenvalue weighted by Gasteiger charge is -2.14. The van der Waals surface area contributed by atoms with E-state index in [1.54, 1.807) is 25.3 Å². The molecule has 134 valence electrons. The molecule has 0 aromatic heterocycles. The fourth-order valence-electron chi connectivity index (χ4n) is 2.54. The van der Waals surface area contributed by atoms with Crippen molar-refractivity contribution in [3.05, 3.63) is 56.8 Å². The Morgan fingerprint density at radius 1 is 1.00 bits per heavy atom. The topological polar surface area (TPSA) is 66.4 Å². The predicted octanol–water partition coefficient (Wildman–Crippen LogP) is 3.66. The van der Waals surface area contributed by atoms with E-state index in [9.17, 15) is 4.79 Å². The molecule has 1 aliphatic rings. The van der Waals surface area contributed by atoms with Gasteiger partial charge in [0.25, 0.3) is 0 Å². The van der Waals surface area contributed by atoms with Crippen molar-refractivity contribution in [2.24, 2.45) is 4.99 Å². The van der Waals surface area contributed by atoms with E-state index in [-0.39, 0.29) is 11.6 Å². The Hall–Kier alpha value is -2.55. The highest BCUT2D eigenvalue weighted by Crippen LogP contribution is 2.41. The molecule has 0 amide bonds. The summed E-state index contributed by atoms with van der Waals surface area (Å²) in [6.45, 7) is 0. The molecule has 0 fully saturated rings. The predicted molar refractivity (Wildman–Crippen MR) is 106 cm³/mol. The lowest BCUT2D eigenvalue weighted by atomic mass is 10.1. The molecule has 0 bridgehead atoms. The van der Waals surface area contributed by atoms with Gasteiger partial charge in [0, 0.05) is 9.13 Å². The molecular weight excluding hydrogens is 449 g/mol. The number of rotatable bonds is 5. The maximum Gasteiger partial charge on any atom is 0.363 e. The van der Waals surface area contributed by atoms with Crippen LogP contribution in [0.2, 0.25) is 0 Å². The summed E-state index contributed by atoms with van der Waals surface area (Å²) in [5, 5.41) is 0. The molecule has 0 unspecified atom stereocenters. The first-order chi connectivity index (χ1) is 12.6. The third kappa shape index (κ3) is 3.39. The molecular formula is C19H16INO5. The summed E-state index contributed by atoms with van der Waals surface area (Å²) in [6, 6.07) is 11.1. The van der Waals surface area contributed by atoms with Crippen molar-refractivity contribution in [3.63, 3.8) is 0 Å². The first-order valence-corrected chi connectivity index (χ1v) is 8.73. The Bertz CT molecular complexity index is 920. The number of esters is 1. The molecule has 0 N–H and O–H groups in total. The molecule has 0 saturated heterocycles. The highest BCUT2D eigenvalue weighted by atomic mass is 127. The molecule has 7 heteroatoms. The van der Waals surface area contributed by atoms with Crippen LogP contribution < -0.4 is 14.2 Å². The molecule has 2 aromatic carbocycles. The normalized spacial score (nSPS) is 14.8. The van der Waals surface area contributed by atoms with Crippen LogP contribution in [0.1, 0.15) is 11.1 Å². The molecule has 0 aliphatic carbocycles. The van der Waals surface area contributed by atoms with Gasteiger partial charge in [0.2, 0.25) is 11.6 Å². The van der Waals surface area contributed by atoms with E-state index in [4.69, 9.17) is 18.9 Å². The maximum absolute atomic E-state index is 12.2. The SMILES string of the molecule is COc1ccc(/C=C2/N=C(c3ccccc3I)OC2=O)c(OC)c1OC. The standard InChI is InChI=1S/C19H16INO5/c1-23-15-9-8-11(16(24-2)17(15)25-3)10-14-19(22)26-18(21-14)12-6-4-5-7-13(12)20/h4-10H,1-3H3/b14-10+. The number of hydrogen-bond donors (Lipinski definition) is 0. The van der Waals surface area contributed by atoms with Gasteiger partial charge in [-0.15, -0.1) is 0 Å². The second-order valence-electron chi connectivity index (χ2n) is 5.24. The van der Waals surface area contributed by atoms with E-state index in [2.05, 4.69) is 27.6 Å². The van der Waals surface area contributed by atoms with Crippen molar-refractivity contribution < 1.29 is 23.7 Å². The number of hydrogen-bond acceptors (Lipinski definition) is 6. The lowest BCUT2D eigenvalue weighted by Crippen LogP contribution is -2.06. The maximum atomic E-state index is 12.2. The highest BCUT2D eigenvalue weighted by Gasteiger charge is 2.26. The highest BCUT2D eigenvalue weighted by molar-refractivity contribution is 14.1. The third-order valence-electron chi connectivity index (χ3n) is 3.75. The van der Waals surface area contributed by atoms with Crippen LogP contribution in [-0.2, 0) is 9.53 Å². The molecule has 2 aromatic rings. The van der Waals surface area contributed by atoms with Gasteiger partial charge in [-0.25, -0.2) is 9.79 Å². The van der Waals surface area contributed by atoms with Crippen LogP contribution in [0.5, 0.6) is 17.2 Å². The minimum absolute atomic E-state index is 0.185. The summed E-state index contributed by atoms with van der Waals surface area (Å²) in [5.41, 5.74) is 1.58. The molecule has 6 nitrogen and oxygen atoms in total. The first-order valence-electron chi connectivity index (χ1n) is 7.65. The van der Waals surface area contributed by atoms with Gasteiger partial charge in [-0.05, 0) is 52.9 Å². The van der Waals surface area contributed by atoms with Crippen LogP contribution in [0.3, 0.4) is 0 Å². The second kappa shape index (κ2) is 7.77. The van der Waals surface area contributed by atoms with Crippen molar-refractivity contribution in [3.8, 4) is 17.2 Å². The monoisotopic (exact) mass is 465 g/mol. The van der Waals surface area contributed by atoms with E-state index in [0.717, 1.165) is 9.13 Å². The zero-order valence-corrected chi connectivity index (χ0v) is 16.6. The van der Waals surface area contributed by atoms with E-state index in [1.807, 2.05) is 24.3 Å². The third-order valence-corrected chi connectivity index (χ3v) is 4.69. The van der Waals surface area contributed by atoms with Crippen molar-refractivity contribution in [2.75, 3.05) is 21.3 Å². The molecule has 1 heterocycles. The van der Waals surface area contributed by atoms with Gasteiger partial charge in [0.1, 0.15) is 0 Å². The molecule has 0 radical (unpaired) electrons. The van der Waals surface area contributed by atoms with E-state index in [1.165, 1.54) is 14.2 Å².